The minimum Gasteiger partial charge on any atom is -0.376 e. The Balaban J connectivity index is 1.86. The highest BCUT2D eigenvalue weighted by Gasteiger charge is 2.34. The van der Waals surface area contributed by atoms with Gasteiger partial charge in [0.05, 0.1) is 35.1 Å². The van der Waals surface area contributed by atoms with Crippen LogP contribution in [-0.4, -0.2) is 15.0 Å². The highest BCUT2D eigenvalue weighted by atomic mass is 19.4. The number of halogens is 3. The summed E-state index contributed by atoms with van der Waals surface area (Å²) < 4.78 is 41.3. The Hall–Kier alpha value is -3.34. The van der Waals surface area contributed by atoms with Gasteiger partial charge in [-0.3, -0.25) is 0 Å². The van der Waals surface area contributed by atoms with Gasteiger partial charge in [0.15, 0.2) is 0 Å². The fraction of sp³-hybridized carbons (Fsp3) is 0.167. The van der Waals surface area contributed by atoms with E-state index in [1.165, 1.54) is 12.1 Å². The molecule has 1 unspecified atom stereocenters. The smallest absolute Gasteiger partial charge is 0.376 e. The molecule has 0 saturated heterocycles. The van der Waals surface area contributed by atoms with Crippen molar-refractivity contribution in [3.63, 3.8) is 0 Å². The number of alkyl halides is 3. The fourth-order valence-electron chi connectivity index (χ4n) is 2.46. The molecule has 5 nitrogen and oxygen atoms in total. The predicted molar refractivity (Wildman–Crippen MR) is 89.6 cm³/mol. The average Bonchev–Trinajstić information content (AvgIpc) is 3.12. The van der Waals surface area contributed by atoms with Gasteiger partial charge in [0.1, 0.15) is 5.69 Å². The molecule has 0 fully saturated rings. The number of aromatic nitrogens is 3. The molecule has 0 amide bonds. The topological polar surface area (TPSA) is 66.5 Å². The molecule has 1 N–H and O–H groups in total. The molecule has 0 saturated carbocycles. The molecular weight excluding hydrogens is 343 g/mol. The normalized spacial score (nSPS) is 12.4. The molecule has 0 spiro atoms. The number of anilines is 1. The van der Waals surface area contributed by atoms with Crippen molar-refractivity contribution >= 4 is 5.69 Å². The number of nitrogens with zero attached hydrogens (tertiary/aromatic N) is 4. The van der Waals surface area contributed by atoms with E-state index in [1.54, 1.807) is 23.9 Å². The number of benzene rings is 2. The molecule has 8 heteroatoms. The largest absolute Gasteiger partial charge is 0.418 e. The Labute approximate surface area is 147 Å². The zero-order valence-corrected chi connectivity index (χ0v) is 13.7. The van der Waals surface area contributed by atoms with Crippen molar-refractivity contribution < 1.29 is 13.2 Å². The molecule has 1 atom stereocenters. The van der Waals surface area contributed by atoms with Crippen molar-refractivity contribution in [2.45, 2.75) is 19.1 Å². The maximum atomic E-state index is 13.3. The average molecular weight is 357 g/mol. The van der Waals surface area contributed by atoms with Gasteiger partial charge in [0.2, 0.25) is 0 Å². The van der Waals surface area contributed by atoms with Gasteiger partial charge in [-0.15, -0.1) is 5.10 Å². The Bertz CT molecular complexity index is 941. The maximum absolute atomic E-state index is 13.3. The zero-order valence-electron chi connectivity index (χ0n) is 13.7. The molecule has 2 aromatic carbocycles. The van der Waals surface area contributed by atoms with Crippen molar-refractivity contribution in [1.29, 1.82) is 5.26 Å². The summed E-state index contributed by atoms with van der Waals surface area (Å²) in [6.07, 6.45) is -2.92. The number of nitriles is 1. The third-order valence-electron chi connectivity index (χ3n) is 3.80. The molecule has 26 heavy (non-hydrogen) atoms. The molecule has 132 valence electrons. The van der Waals surface area contributed by atoms with Crippen LogP contribution in [0.1, 0.15) is 29.8 Å². The van der Waals surface area contributed by atoms with E-state index in [4.69, 9.17) is 5.26 Å². The molecule has 0 bridgehead atoms. The lowest BCUT2D eigenvalue weighted by Crippen LogP contribution is -2.14. The minimum atomic E-state index is -4.57. The van der Waals surface area contributed by atoms with Gasteiger partial charge in [-0.2, -0.15) is 18.4 Å². The molecule has 0 aliphatic rings. The second-order valence-corrected chi connectivity index (χ2v) is 5.66. The van der Waals surface area contributed by atoms with Gasteiger partial charge in [0.25, 0.3) is 0 Å². The predicted octanol–water partition coefficient (Wildman–Crippen LogP) is 4.33. The van der Waals surface area contributed by atoms with Crippen LogP contribution in [-0.2, 0) is 6.18 Å². The van der Waals surface area contributed by atoms with E-state index in [0.717, 1.165) is 11.8 Å². The summed E-state index contributed by atoms with van der Waals surface area (Å²) in [5.41, 5.74) is 0.238. The zero-order chi connectivity index (χ0) is 18.7. The van der Waals surface area contributed by atoms with E-state index in [9.17, 15) is 13.2 Å². The van der Waals surface area contributed by atoms with Gasteiger partial charge in [-0.05, 0) is 37.3 Å². The van der Waals surface area contributed by atoms with Crippen LogP contribution in [0.2, 0.25) is 0 Å². The van der Waals surface area contributed by atoms with E-state index >= 15 is 0 Å². The maximum Gasteiger partial charge on any atom is 0.418 e. The standard InChI is InChI=1S/C18H14F3N5/c1-12(17-11-26(25-24-17)14-5-3-2-4-6-14)23-16-8-7-13(10-22)9-15(16)18(19,20)21/h2-9,11-12,23H,1H3. The van der Waals surface area contributed by atoms with E-state index in [2.05, 4.69) is 15.6 Å². The molecule has 3 aromatic rings. The highest BCUT2D eigenvalue weighted by molar-refractivity contribution is 5.57. The molecular formula is C18H14F3N5. The van der Waals surface area contributed by atoms with Crippen molar-refractivity contribution in [2.24, 2.45) is 0 Å². The SMILES string of the molecule is CC(Nc1ccc(C#N)cc1C(F)(F)F)c1cn(-c2ccccc2)nn1. The number of nitrogens with one attached hydrogen (secondary N) is 1. The van der Waals surface area contributed by atoms with Gasteiger partial charge >= 0.3 is 6.18 Å². The van der Waals surface area contributed by atoms with Crippen LogP contribution in [0, 0.1) is 11.3 Å². The van der Waals surface area contributed by atoms with Crippen molar-refractivity contribution in [1.82, 2.24) is 15.0 Å². The quantitative estimate of drug-likeness (QED) is 0.755. The summed E-state index contributed by atoms with van der Waals surface area (Å²) in [5.74, 6) is 0. The molecule has 0 aliphatic carbocycles. The summed E-state index contributed by atoms with van der Waals surface area (Å²) >= 11 is 0. The first kappa shape index (κ1) is 17.5. The van der Waals surface area contributed by atoms with Crippen LogP contribution < -0.4 is 5.32 Å². The lowest BCUT2D eigenvalue weighted by atomic mass is 10.1. The monoisotopic (exact) mass is 357 g/mol. The van der Waals surface area contributed by atoms with Crippen LogP contribution in [0.15, 0.2) is 54.7 Å². The van der Waals surface area contributed by atoms with Crippen molar-refractivity contribution in [2.75, 3.05) is 5.32 Å². The van der Waals surface area contributed by atoms with E-state index in [0.29, 0.717) is 5.69 Å². The Kier molecular flexibility index (Phi) is 4.63. The molecule has 0 radical (unpaired) electrons. The summed E-state index contributed by atoms with van der Waals surface area (Å²) in [7, 11) is 0. The lowest BCUT2D eigenvalue weighted by Gasteiger charge is -2.18. The van der Waals surface area contributed by atoms with E-state index in [1.807, 2.05) is 30.3 Å². The number of hydrogen-bond acceptors (Lipinski definition) is 4. The lowest BCUT2D eigenvalue weighted by molar-refractivity contribution is -0.137. The Morgan fingerprint density at radius 2 is 1.88 bits per heavy atom. The number of hydrogen-bond donors (Lipinski definition) is 1. The molecule has 3 rings (SSSR count). The summed E-state index contributed by atoms with van der Waals surface area (Å²) in [6.45, 7) is 1.69. The number of para-hydroxylation sites is 1. The van der Waals surface area contributed by atoms with Gasteiger partial charge in [0, 0.05) is 5.69 Å². The first-order valence-electron chi connectivity index (χ1n) is 7.74. The van der Waals surface area contributed by atoms with Gasteiger partial charge in [-0.25, -0.2) is 4.68 Å². The highest BCUT2D eigenvalue weighted by Crippen LogP contribution is 2.36. The summed E-state index contributed by atoms with van der Waals surface area (Å²) in [5, 5.41) is 19.7. The molecule has 1 heterocycles. The van der Waals surface area contributed by atoms with Gasteiger partial charge < -0.3 is 5.32 Å². The first-order valence-corrected chi connectivity index (χ1v) is 7.74. The second kappa shape index (κ2) is 6.88. The summed E-state index contributed by atoms with van der Waals surface area (Å²) in [4.78, 5) is 0. The van der Waals surface area contributed by atoms with E-state index < -0.39 is 17.8 Å². The minimum absolute atomic E-state index is 0.0504. The van der Waals surface area contributed by atoms with E-state index in [-0.39, 0.29) is 11.3 Å². The van der Waals surface area contributed by atoms with Crippen LogP contribution in [0.25, 0.3) is 5.69 Å². The third kappa shape index (κ3) is 3.67. The Morgan fingerprint density at radius 3 is 2.54 bits per heavy atom. The molecule has 1 aromatic heterocycles. The summed E-state index contributed by atoms with van der Waals surface area (Å²) in [6, 6.07) is 13.9. The fourth-order valence-corrected chi connectivity index (χ4v) is 2.46. The second-order valence-electron chi connectivity index (χ2n) is 5.66. The van der Waals surface area contributed by atoms with Gasteiger partial charge in [-0.1, -0.05) is 23.4 Å². The third-order valence-corrected chi connectivity index (χ3v) is 3.80. The van der Waals surface area contributed by atoms with Crippen LogP contribution >= 0.6 is 0 Å². The van der Waals surface area contributed by atoms with Crippen LogP contribution in [0.5, 0.6) is 0 Å². The number of rotatable bonds is 4. The van der Waals surface area contributed by atoms with Crippen molar-refractivity contribution in [3.8, 4) is 11.8 Å². The molecule has 0 aliphatic heterocycles. The van der Waals surface area contributed by atoms with Crippen LogP contribution in [0.4, 0.5) is 18.9 Å². The van der Waals surface area contributed by atoms with Crippen LogP contribution in [0.3, 0.4) is 0 Å². The first-order chi connectivity index (χ1) is 12.4. The Morgan fingerprint density at radius 1 is 1.15 bits per heavy atom. The van der Waals surface area contributed by atoms with Crippen molar-refractivity contribution in [3.05, 3.63) is 71.5 Å².